The van der Waals surface area contributed by atoms with Gasteiger partial charge in [0.1, 0.15) is 0 Å². The smallest absolute Gasteiger partial charge is 0.338 e. The Morgan fingerprint density at radius 2 is 1.87 bits per heavy atom. The first-order valence-electron chi connectivity index (χ1n) is 7.33. The summed E-state index contributed by atoms with van der Waals surface area (Å²) in [6.45, 7) is 2.16. The van der Waals surface area contributed by atoms with Gasteiger partial charge in [-0.25, -0.2) is 4.79 Å². The Morgan fingerprint density at radius 1 is 1.09 bits per heavy atom. The van der Waals surface area contributed by atoms with Gasteiger partial charge >= 0.3 is 5.97 Å². The maximum Gasteiger partial charge on any atom is 0.338 e. The molecule has 1 N–H and O–H groups in total. The van der Waals surface area contributed by atoms with Gasteiger partial charge < -0.3 is 10.1 Å². The van der Waals surface area contributed by atoms with E-state index in [1.807, 2.05) is 43.3 Å². The summed E-state index contributed by atoms with van der Waals surface area (Å²) in [5.74, 6) is -0.0103. The van der Waals surface area contributed by atoms with Gasteiger partial charge in [0.15, 0.2) is 6.61 Å². The molecule has 0 unspecified atom stereocenters. The number of ether oxygens (including phenoxy) is 1. The molecule has 0 aliphatic carbocycles. The van der Waals surface area contributed by atoms with E-state index in [2.05, 4.69) is 5.32 Å². The fourth-order valence-corrected chi connectivity index (χ4v) is 2.70. The Balaban J connectivity index is 1.64. The highest BCUT2D eigenvalue weighted by Gasteiger charge is 2.09. The Bertz CT molecular complexity index is 658. The molecule has 0 fully saturated rings. The first-order valence-corrected chi connectivity index (χ1v) is 8.32. The van der Waals surface area contributed by atoms with Crippen molar-refractivity contribution >= 4 is 23.6 Å². The highest BCUT2D eigenvalue weighted by atomic mass is 32.2. The molecule has 0 saturated carbocycles. The number of amides is 1. The fourth-order valence-electron chi connectivity index (χ4n) is 1.91. The molecule has 0 spiro atoms. The SMILES string of the molecule is Cc1cccc(C(=O)OCC(=O)NCCSc2ccccc2)c1. The molecule has 23 heavy (non-hydrogen) atoms. The van der Waals surface area contributed by atoms with Crippen molar-refractivity contribution in [1.29, 1.82) is 0 Å². The predicted octanol–water partition coefficient (Wildman–Crippen LogP) is 3.06. The summed E-state index contributed by atoms with van der Waals surface area (Å²) >= 11 is 1.66. The van der Waals surface area contributed by atoms with E-state index in [0.29, 0.717) is 12.1 Å². The van der Waals surface area contributed by atoms with Crippen LogP contribution in [0.4, 0.5) is 0 Å². The number of benzene rings is 2. The van der Waals surface area contributed by atoms with Crippen LogP contribution >= 0.6 is 11.8 Å². The highest BCUT2D eigenvalue weighted by molar-refractivity contribution is 7.99. The van der Waals surface area contributed by atoms with Crippen LogP contribution in [0, 0.1) is 6.92 Å². The summed E-state index contributed by atoms with van der Waals surface area (Å²) in [7, 11) is 0. The maximum atomic E-state index is 11.8. The molecule has 2 rings (SSSR count). The van der Waals surface area contributed by atoms with Crippen molar-refractivity contribution in [2.24, 2.45) is 0 Å². The van der Waals surface area contributed by atoms with Gasteiger partial charge in [0, 0.05) is 17.2 Å². The van der Waals surface area contributed by atoms with Crippen molar-refractivity contribution in [1.82, 2.24) is 5.32 Å². The lowest BCUT2D eigenvalue weighted by atomic mass is 10.1. The van der Waals surface area contributed by atoms with E-state index in [9.17, 15) is 9.59 Å². The van der Waals surface area contributed by atoms with Crippen LogP contribution in [0.25, 0.3) is 0 Å². The summed E-state index contributed by atoms with van der Waals surface area (Å²) < 4.78 is 5.00. The Kier molecular flexibility index (Phi) is 6.69. The number of hydrogen-bond acceptors (Lipinski definition) is 4. The Morgan fingerprint density at radius 3 is 2.61 bits per heavy atom. The zero-order valence-corrected chi connectivity index (χ0v) is 13.8. The second kappa shape index (κ2) is 9.00. The molecule has 0 radical (unpaired) electrons. The van der Waals surface area contributed by atoms with Crippen LogP contribution in [0.15, 0.2) is 59.5 Å². The van der Waals surface area contributed by atoms with Crippen LogP contribution in [0.1, 0.15) is 15.9 Å². The minimum atomic E-state index is -0.484. The lowest BCUT2D eigenvalue weighted by Gasteiger charge is -2.07. The van der Waals surface area contributed by atoms with E-state index in [-0.39, 0.29) is 12.5 Å². The number of esters is 1. The number of aryl methyl sites for hydroxylation is 1. The third kappa shape index (κ3) is 6.16. The molecule has 5 heteroatoms. The van der Waals surface area contributed by atoms with Gasteiger partial charge in [-0.2, -0.15) is 0 Å². The fraction of sp³-hybridized carbons (Fsp3) is 0.222. The number of carbonyl (C=O) groups excluding carboxylic acids is 2. The van der Waals surface area contributed by atoms with Crippen molar-refractivity contribution in [2.45, 2.75) is 11.8 Å². The lowest BCUT2D eigenvalue weighted by Crippen LogP contribution is -2.30. The second-order valence-electron chi connectivity index (χ2n) is 4.96. The van der Waals surface area contributed by atoms with Crippen molar-refractivity contribution in [2.75, 3.05) is 18.9 Å². The molecule has 0 heterocycles. The minimum Gasteiger partial charge on any atom is -0.452 e. The molecule has 2 aromatic rings. The normalized spacial score (nSPS) is 10.1. The zero-order chi connectivity index (χ0) is 16.5. The number of carbonyl (C=O) groups is 2. The maximum absolute atomic E-state index is 11.8. The van der Waals surface area contributed by atoms with Gasteiger partial charge in [0.2, 0.25) is 0 Å². The lowest BCUT2D eigenvalue weighted by molar-refractivity contribution is -0.124. The Hall–Kier alpha value is -2.27. The van der Waals surface area contributed by atoms with Gasteiger partial charge in [-0.15, -0.1) is 11.8 Å². The molecule has 0 aliphatic heterocycles. The monoisotopic (exact) mass is 329 g/mol. The largest absolute Gasteiger partial charge is 0.452 e. The molecular formula is C18H19NO3S. The molecule has 0 bridgehead atoms. The summed E-state index contributed by atoms with van der Waals surface area (Å²) in [6, 6.07) is 17.1. The van der Waals surface area contributed by atoms with E-state index in [1.165, 1.54) is 0 Å². The summed E-state index contributed by atoms with van der Waals surface area (Å²) in [4.78, 5) is 24.6. The molecule has 0 atom stereocenters. The number of thioether (sulfide) groups is 1. The quantitative estimate of drug-likeness (QED) is 0.482. The van der Waals surface area contributed by atoms with Crippen molar-refractivity contribution in [3.05, 3.63) is 65.7 Å². The van der Waals surface area contributed by atoms with Gasteiger partial charge in [0.05, 0.1) is 5.56 Å². The summed E-state index contributed by atoms with van der Waals surface area (Å²) in [5.41, 5.74) is 1.43. The summed E-state index contributed by atoms with van der Waals surface area (Å²) in [6.07, 6.45) is 0. The van der Waals surface area contributed by atoms with Crippen LogP contribution in [0.2, 0.25) is 0 Å². The molecule has 120 valence electrons. The topological polar surface area (TPSA) is 55.4 Å². The summed E-state index contributed by atoms with van der Waals surface area (Å²) in [5, 5.41) is 2.73. The van der Waals surface area contributed by atoms with Crippen LogP contribution in [0.5, 0.6) is 0 Å². The molecule has 0 aromatic heterocycles. The Labute approximate surface area is 140 Å². The number of rotatable bonds is 7. The highest BCUT2D eigenvalue weighted by Crippen LogP contribution is 2.15. The average Bonchev–Trinajstić information content (AvgIpc) is 2.57. The average molecular weight is 329 g/mol. The first-order chi connectivity index (χ1) is 11.1. The van der Waals surface area contributed by atoms with Crippen LogP contribution in [-0.2, 0) is 9.53 Å². The number of hydrogen-bond donors (Lipinski definition) is 1. The van der Waals surface area contributed by atoms with E-state index in [0.717, 1.165) is 16.2 Å². The molecule has 0 aliphatic rings. The first kappa shape index (κ1) is 17.1. The minimum absolute atomic E-state index is 0.261. The molecule has 0 saturated heterocycles. The third-order valence-electron chi connectivity index (χ3n) is 3.02. The molecule has 4 nitrogen and oxygen atoms in total. The molecular weight excluding hydrogens is 310 g/mol. The predicted molar refractivity (Wildman–Crippen MR) is 91.6 cm³/mol. The van der Waals surface area contributed by atoms with E-state index in [4.69, 9.17) is 4.74 Å². The second-order valence-corrected chi connectivity index (χ2v) is 6.13. The van der Waals surface area contributed by atoms with E-state index in [1.54, 1.807) is 30.0 Å². The molecule has 1 amide bonds. The van der Waals surface area contributed by atoms with Crippen LogP contribution in [0.3, 0.4) is 0 Å². The van der Waals surface area contributed by atoms with E-state index < -0.39 is 5.97 Å². The van der Waals surface area contributed by atoms with Gasteiger partial charge in [0.25, 0.3) is 5.91 Å². The standard InChI is InChI=1S/C18H19NO3S/c1-14-6-5-7-15(12-14)18(21)22-13-17(20)19-10-11-23-16-8-3-2-4-9-16/h2-9,12H,10-11,13H2,1H3,(H,19,20). The van der Waals surface area contributed by atoms with Gasteiger partial charge in [-0.1, -0.05) is 35.9 Å². The van der Waals surface area contributed by atoms with Crippen LogP contribution in [-0.4, -0.2) is 30.8 Å². The van der Waals surface area contributed by atoms with E-state index >= 15 is 0 Å². The van der Waals surface area contributed by atoms with Gasteiger partial charge in [-0.05, 0) is 31.2 Å². The van der Waals surface area contributed by atoms with Crippen molar-refractivity contribution in [3.8, 4) is 0 Å². The van der Waals surface area contributed by atoms with Crippen molar-refractivity contribution < 1.29 is 14.3 Å². The van der Waals surface area contributed by atoms with Crippen molar-refractivity contribution in [3.63, 3.8) is 0 Å². The number of nitrogens with one attached hydrogen (secondary N) is 1. The zero-order valence-electron chi connectivity index (χ0n) is 13.0. The van der Waals surface area contributed by atoms with Gasteiger partial charge in [-0.3, -0.25) is 4.79 Å². The third-order valence-corrected chi connectivity index (χ3v) is 4.04. The van der Waals surface area contributed by atoms with Crippen LogP contribution < -0.4 is 5.32 Å². The molecule has 2 aromatic carbocycles.